The highest BCUT2D eigenvalue weighted by Crippen LogP contribution is 2.11. The number of benzene rings is 1. The highest BCUT2D eigenvalue weighted by Gasteiger charge is 2.14. The number of aliphatic imine (C=N–C) groups is 1. The Kier molecular flexibility index (Phi) is 10.2. The van der Waals surface area contributed by atoms with Crippen molar-refractivity contribution in [1.29, 1.82) is 0 Å². The number of guanidine groups is 1. The third kappa shape index (κ3) is 7.95. The van der Waals surface area contributed by atoms with E-state index >= 15 is 0 Å². The second-order valence-corrected chi connectivity index (χ2v) is 5.14. The predicted molar refractivity (Wildman–Crippen MR) is 99.8 cm³/mol. The fourth-order valence-corrected chi connectivity index (χ4v) is 2.26. The first kappa shape index (κ1) is 19.2. The van der Waals surface area contributed by atoms with E-state index in [0.29, 0.717) is 25.7 Å². The van der Waals surface area contributed by atoms with Gasteiger partial charge in [-0.25, -0.2) is 0 Å². The van der Waals surface area contributed by atoms with Crippen LogP contribution in [0.15, 0.2) is 35.3 Å². The van der Waals surface area contributed by atoms with Crippen LogP contribution in [0.2, 0.25) is 0 Å². The molecule has 2 rings (SSSR count). The van der Waals surface area contributed by atoms with Crippen LogP contribution in [0.3, 0.4) is 0 Å². The first-order valence-corrected chi connectivity index (χ1v) is 7.61. The lowest BCUT2D eigenvalue weighted by atomic mass is 10.1. The van der Waals surface area contributed by atoms with Crippen molar-refractivity contribution in [2.45, 2.75) is 25.4 Å². The zero-order chi connectivity index (χ0) is 14.8. The first-order chi connectivity index (χ1) is 10.3. The largest absolute Gasteiger partial charge is 0.377 e. The minimum Gasteiger partial charge on any atom is -0.377 e. The maximum atomic E-state index is 5.80. The van der Waals surface area contributed by atoms with E-state index in [9.17, 15) is 0 Å². The average Bonchev–Trinajstić information content (AvgIpc) is 3.01. The SMILES string of the molecule is I.NC(=NCCOCC1CCCO1)NCCc1ccccc1. The van der Waals surface area contributed by atoms with Gasteiger partial charge in [0.25, 0.3) is 0 Å². The normalized spacial score (nSPS) is 18.0. The molecular formula is C16H26IN3O2. The van der Waals surface area contributed by atoms with E-state index < -0.39 is 0 Å². The van der Waals surface area contributed by atoms with Crippen molar-refractivity contribution in [3.63, 3.8) is 0 Å². The van der Waals surface area contributed by atoms with Gasteiger partial charge < -0.3 is 20.5 Å². The number of rotatable bonds is 8. The Labute approximate surface area is 149 Å². The monoisotopic (exact) mass is 419 g/mol. The van der Waals surface area contributed by atoms with Gasteiger partial charge in [-0.05, 0) is 24.8 Å². The molecule has 1 atom stereocenters. The Hall–Kier alpha value is -0.860. The summed E-state index contributed by atoms with van der Waals surface area (Å²) in [6.45, 7) is 3.48. The van der Waals surface area contributed by atoms with Gasteiger partial charge in [0.05, 0.1) is 25.9 Å². The van der Waals surface area contributed by atoms with Crippen molar-refractivity contribution in [3.05, 3.63) is 35.9 Å². The van der Waals surface area contributed by atoms with Crippen molar-refractivity contribution in [1.82, 2.24) is 5.32 Å². The van der Waals surface area contributed by atoms with E-state index in [1.165, 1.54) is 5.56 Å². The van der Waals surface area contributed by atoms with Crippen molar-refractivity contribution in [2.75, 3.05) is 32.9 Å². The van der Waals surface area contributed by atoms with Crippen LogP contribution in [0, 0.1) is 0 Å². The zero-order valence-electron chi connectivity index (χ0n) is 12.9. The lowest BCUT2D eigenvalue weighted by Crippen LogP contribution is -2.33. The summed E-state index contributed by atoms with van der Waals surface area (Å²) in [6.07, 6.45) is 3.46. The number of hydrogen-bond donors (Lipinski definition) is 2. The average molecular weight is 419 g/mol. The minimum absolute atomic E-state index is 0. The van der Waals surface area contributed by atoms with Crippen LogP contribution < -0.4 is 11.1 Å². The molecule has 124 valence electrons. The van der Waals surface area contributed by atoms with Gasteiger partial charge in [0.1, 0.15) is 0 Å². The second-order valence-electron chi connectivity index (χ2n) is 5.14. The lowest BCUT2D eigenvalue weighted by molar-refractivity contribution is 0.0200. The van der Waals surface area contributed by atoms with Crippen LogP contribution in [-0.4, -0.2) is 45.0 Å². The van der Waals surface area contributed by atoms with Crippen LogP contribution in [-0.2, 0) is 15.9 Å². The summed E-state index contributed by atoms with van der Waals surface area (Å²) in [4.78, 5) is 4.24. The molecule has 1 aromatic rings. The molecule has 1 aliphatic rings. The number of halogens is 1. The number of ether oxygens (including phenoxy) is 2. The van der Waals surface area contributed by atoms with Crippen LogP contribution in [0.1, 0.15) is 18.4 Å². The molecule has 1 aromatic carbocycles. The third-order valence-electron chi connectivity index (χ3n) is 3.41. The third-order valence-corrected chi connectivity index (χ3v) is 3.41. The highest BCUT2D eigenvalue weighted by atomic mass is 127. The summed E-state index contributed by atoms with van der Waals surface area (Å²) >= 11 is 0. The smallest absolute Gasteiger partial charge is 0.188 e. The Bertz CT molecular complexity index is 423. The summed E-state index contributed by atoms with van der Waals surface area (Å²) in [7, 11) is 0. The summed E-state index contributed by atoms with van der Waals surface area (Å²) in [5.74, 6) is 0.478. The molecule has 1 saturated heterocycles. The van der Waals surface area contributed by atoms with Crippen molar-refractivity contribution >= 4 is 29.9 Å². The number of nitrogens with one attached hydrogen (secondary N) is 1. The molecule has 1 unspecified atom stereocenters. The van der Waals surface area contributed by atoms with E-state index in [1.807, 2.05) is 18.2 Å². The second kappa shape index (κ2) is 11.7. The first-order valence-electron chi connectivity index (χ1n) is 7.61. The predicted octanol–water partition coefficient (Wildman–Crippen LogP) is 1.95. The summed E-state index contributed by atoms with van der Waals surface area (Å²) in [5.41, 5.74) is 7.09. The van der Waals surface area contributed by atoms with Gasteiger partial charge >= 0.3 is 0 Å². The van der Waals surface area contributed by atoms with Gasteiger partial charge in [-0.2, -0.15) is 0 Å². The van der Waals surface area contributed by atoms with E-state index in [1.54, 1.807) is 0 Å². The molecule has 0 spiro atoms. The van der Waals surface area contributed by atoms with Crippen LogP contribution in [0.5, 0.6) is 0 Å². The molecule has 0 aliphatic carbocycles. The molecule has 1 heterocycles. The number of nitrogens with zero attached hydrogens (tertiary/aromatic N) is 1. The molecule has 0 radical (unpaired) electrons. The molecule has 0 aromatic heterocycles. The number of nitrogens with two attached hydrogens (primary N) is 1. The van der Waals surface area contributed by atoms with Gasteiger partial charge in [0.15, 0.2) is 5.96 Å². The molecule has 0 saturated carbocycles. The van der Waals surface area contributed by atoms with Gasteiger partial charge in [0.2, 0.25) is 0 Å². The van der Waals surface area contributed by atoms with Crippen molar-refractivity contribution in [2.24, 2.45) is 10.7 Å². The zero-order valence-corrected chi connectivity index (χ0v) is 15.2. The molecule has 3 N–H and O–H groups in total. The maximum Gasteiger partial charge on any atom is 0.188 e. The Balaban J connectivity index is 0.00000242. The van der Waals surface area contributed by atoms with Crippen molar-refractivity contribution < 1.29 is 9.47 Å². The summed E-state index contributed by atoms with van der Waals surface area (Å²) in [6, 6.07) is 10.3. The lowest BCUT2D eigenvalue weighted by Gasteiger charge is -2.09. The molecule has 0 amide bonds. The van der Waals surface area contributed by atoms with Gasteiger partial charge in [-0.15, -0.1) is 24.0 Å². The highest BCUT2D eigenvalue weighted by molar-refractivity contribution is 14.0. The van der Waals surface area contributed by atoms with E-state index in [4.69, 9.17) is 15.2 Å². The summed E-state index contributed by atoms with van der Waals surface area (Å²) in [5, 5.41) is 3.11. The van der Waals surface area contributed by atoms with Gasteiger partial charge in [-0.3, -0.25) is 4.99 Å². The Morgan fingerprint density at radius 2 is 2.18 bits per heavy atom. The maximum absolute atomic E-state index is 5.80. The molecular weight excluding hydrogens is 393 g/mol. The Morgan fingerprint density at radius 1 is 1.36 bits per heavy atom. The molecule has 1 aliphatic heterocycles. The van der Waals surface area contributed by atoms with Crippen molar-refractivity contribution in [3.8, 4) is 0 Å². The standard InChI is InChI=1S/C16H25N3O2.HI/c17-16(18-9-8-14-5-2-1-3-6-14)19-10-12-20-13-15-7-4-11-21-15;/h1-3,5-6,15H,4,7-13H2,(H3,17,18,19);1H. The molecule has 6 heteroatoms. The number of hydrogen-bond acceptors (Lipinski definition) is 3. The fraction of sp³-hybridized carbons (Fsp3) is 0.562. The molecule has 0 bridgehead atoms. The van der Waals surface area contributed by atoms with Crippen LogP contribution in [0.25, 0.3) is 0 Å². The van der Waals surface area contributed by atoms with Crippen LogP contribution >= 0.6 is 24.0 Å². The quantitative estimate of drug-likeness (QED) is 0.293. The fourth-order valence-electron chi connectivity index (χ4n) is 2.26. The van der Waals surface area contributed by atoms with Crippen LogP contribution in [0.4, 0.5) is 0 Å². The topological polar surface area (TPSA) is 68.9 Å². The molecule has 1 fully saturated rings. The molecule has 22 heavy (non-hydrogen) atoms. The van der Waals surface area contributed by atoms with Gasteiger partial charge in [0, 0.05) is 13.2 Å². The summed E-state index contributed by atoms with van der Waals surface area (Å²) < 4.78 is 11.0. The Morgan fingerprint density at radius 3 is 2.91 bits per heavy atom. The minimum atomic E-state index is 0. The van der Waals surface area contributed by atoms with Gasteiger partial charge in [-0.1, -0.05) is 30.3 Å². The van der Waals surface area contributed by atoms with E-state index in [2.05, 4.69) is 22.4 Å². The van der Waals surface area contributed by atoms with E-state index in [0.717, 1.165) is 32.4 Å². The van der Waals surface area contributed by atoms with E-state index in [-0.39, 0.29) is 30.1 Å². The molecule has 5 nitrogen and oxygen atoms in total.